The lowest BCUT2D eigenvalue weighted by atomic mass is 9.75. The van der Waals surface area contributed by atoms with E-state index in [0.717, 1.165) is 32.1 Å². The number of carbonyl (C=O) groups is 3. The third-order valence-electron chi connectivity index (χ3n) is 11.7. The lowest BCUT2D eigenvalue weighted by molar-refractivity contribution is -0.349. The van der Waals surface area contributed by atoms with Crippen molar-refractivity contribution in [2.45, 2.75) is 158 Å². The monoisotopic (exact) mass is 795 g/mol. The minimum absolute atomic E-state index is 0.00577. The molecule has 16 heteroatoms. The van der Waals surface area contributed by atoms with Gasteiger partial charge in [0.2, 0.25) is 0 Å². The number of hydrogen-bond acceptors (Lipinski definition) is 15. The Morgan fingerprint density at radius 3 is 2.23 bits per heavy atom. The van der Waals surface area contributed by atoms with Gasteiger partial charge in [-0.1, -0.05) is 57.2 Å². The number of carboxylic acid groups (broad SMARTS) is 1. The first-order chi connectivity index (χ1) is 26.8. The second kappa shape index (κ2) is 20.9. The molecule has 4 aliphatic rings. The molecule has 0 radical (unpaired) electrons. The Balaban J connectivity index is 1.48. The van der Waals surface area contributed by atoms with Gasteiger partial charge in [0.25, 0.3) is 0 Å². The number of Topliss-reactive ketones (excluding diaryl/α,β-unsaturated/α-hetero) is 1. The fourth-order valence-corrected chi connectivity index (χ4v) is 8.50. The topological polar surface area (TPSA) is 240 Å². The van der Waals surface area contributed by atoms with Gasteiger partial charge in [-0.15, -0.1) is 0 Å². The van der Waals surface area contributed by atoms with Crippen LogP contribution in [0.2, 0.25) is 0 Å². The smallest absolute Gasteiger partial charge is 0.338 e. The van der Waals surface area contributed by atoms with Crippen LogP contribution in [0.3, 0.4) is 0 Å². The van der Waals surface area contributed by atoms with Crippen LogP contribution in [0, 0.1) is 17.8 Å². The van der Waals surface area contributed by atoms with E-state index >= 15 is 0 Å². The Bertz CT molecular complexity index is 1400. The molecule has 2 aliphatic heterocycles. The summed E-state index contributed by atoms with van der Waals surface area (Å²) in [7, 11) is 1.80. The molecular weight excluding hydrogens is 734 g/mol. The molecule has 1 aromatic rings. The molecule has 16 nitrogen and oxygen atoms in total. The van der Waals surface area contributed by atoms with Gasteiger partial charge in [-0.3, -0.25) is 4.79 Å². The van der Waals surface area contributed by atoms with Crippen LogP contribution in [0.5, 0.6) is 0 Å². The summed E-state index contributed by atoms with van der Waals surface area (Å²) < 4.78 is 37.1. The predicted octanol–water partition coefficient (Wildman–Crippen LogP) is 1.31. The number of carboxylic acids is 1. The average molecular weight is 796 g/mol. The lowest BCUT2D eigenvalue weighted by Gasteiger charge is -2.48. The molecule has 0 spiro atoms. The molecule has 316 valence electrons. The van der Waals surface area contributed by atoms with E-state index in [9.17, 15) is 45.0 Å². The maximum Gasteiger partial charge on any atom is 0.338 e. The first-order valence-electron chi connectivity index (χ1n) is 20.1. The molecule has 4 fully saturated rings. The van der Waals surface area contributed by atoms with Crippen molar-refractivity contribution in [2.75, 3.05) is 20.2 Å². The van der Waals surface area contributed by atoms with Crippen molar-refractivity contribution in [3.8, 4) is 0 Å². The molecule has 15 atom stereocenters. The number of esters is 1. The fourth-order valence-electron chi connectivity index (χ4n) is 8.50. The van der Waals surface area contributed by atoms with E-state index in [4.69, 9.17) is 28.4 Å². The lowest BCUT2D eigenvalue weighted by Crippen LogP contribution is -2.64. The summed E-state index contributed by atoms with van der Waals surface area (Å²) >= 11 is 0. The van der Waals surface area contributed by atoms with E-state index < -0.39 is 110 Å². The summed E-state index contributed by atoms with van der Waals surface area (Å²) in [5.74, 6) is -2.94. The Hall–Kier alpha value is -2.61. The number of hydrogen-bond donors (Lipinski definition) is 7. The van der Waals surface area contributed by atoms with Crippen molar-refractivity contribution in [3.05, 3.63) is 35.9 Å². The van der Waals surface area contributed by atoms with E-state index in [1.54, 1.807) is 25.2 Å². The van der Waals surface area contributed by atoms with Gasteiger partial charge in [0, 0.05) is 12.3 Å². The van der Waals surface area contributed by atoms with Crippen molar-refractivity contribution in [2.24, 2.45) is 17.8 Å². The van der Waals surface area contributed by atoms with Gasteiger partial charge in [0.1, 0.15) is 42.4 Å². The number of aliphatic carboxylic acids is 1. The van der Waals surface area contributed by atoms with Gasteiger partial charge in [-0.2, -0.15) is 0 Å². The Morgan fingerprint density at radius 2 is 1.57 bits per heavy atom. The van der Waals surface area contributed by atoms with E-state index in [0.29, 0.717) is 25.8 Å². The van der Waals surface area contributed by atoms with Gasteiger partial charge >= 0.3 is 11.9 Å². The normalized spacial score (nSPS) is 37.4. The minimum Gasteiger partial charge on any atom is -0.479 e. The number of rotatable bonds is 17. The highest BCUT2D eigenvalue weighted by molar-refractivity contribution is 5.89. The summed E-state index contributed by atoms with van der Waals surface area (Å²) in [5, 5.41) is 67.1. The second-order valence-corrected chi connectivity index (χ2v) is 15.9. The molecule has 56 heavy (non-hydrogen) atoms. The molecule has 7 N–H and O–H groups in total. The third kappa shape index (κ3) is 11.1. The van der Waals surface area contributed by atoms with E-state index in [1.807, 2.05) is 6.92 Å². The van der Waals surface area contributed by atoms with E-state index in [2.05, 4.69) is 5.32 Å². The molecule has 0 bridgehead atoms. The van der Waals surface area contributed by atoms with Crippen molar-refractivity contribution in [1.29, 1.82) is 0 Å². The van der Waals surface area contributed by atoms with Gasteiger partial charge in [0.15, 0.2) is 24.8 Å². The van der Waals surface area contributed by atoms with Gasteiger partial charge < -0.3 is 64.4 Å². The number of ether oxygens (including phenoxy) is 6. The Morgan fingerprint density at radius 1 is 0.857 bits per heavy atom. The van der Waals surface area contributed by atoms with Crippen LogP contribution in [-0.2, 0) is 38.0 Å². The summed E-state index contributed by atoms with van der Waals surface area (Å²) in [6.07, 6.45) is -11.8. The standard InChI is InChI=1S/C40H61NO15/c1-21-17-25(26(43)15-10-16-41-3)19-27(34(21)56-39-33(47)32(46)30(44)22(2)51-39)53-40-36(55-38(50)24-13-8-5-9-14-24)35(31(45)29(20-42)54-40)52-28(37(48)49)18-23-11-6-4-7-12-23/h5,8-9,13-14,21-23,25,27-36,39-42,44-47H,4,6-7,10-12,15-20H2,1-3H3,(H,48,49)/t21?,22?,25?,27-,28+,29+,30-,31+,32+,33?,34-,35?,36?,39+,40-/m1/s1. The largest absolute Gasteiger partial charge is 0.479 e. The number of carbonyl (C=O) groups excluding carboxylic acids is 2. The molecule has 0 amide bonds. The zero-order valence-electron chi connectivity index (χ0n) is 32.5. The van der Waals surface area contributed by atoms with Crippen LogP contribution < -0.4 is 5.32 Å². The molecule has 6 unspecified atom stereocenters. The highest BCUT2D eigenvalue weighted by Crippen LogP contribution is 2.40. The van der Waals surface area contributed by atoms with Crippen molar-refractivity contribution >= 4 is 17.7 Å². The first kappa shape index (κ1) is 44.5. The predicted molar refractivity (Wildman–Crippen MR) is 197 cm³/mol. The molecule has 2 heterocycles. The van der Waals surface area contributed by atoms with E-state index in [1.165, 1.54) is 19.1 Å². The second-order valence-electron chi connectivity index (χ2n) is 15.9. The summed E-state index contributed by atoms with van der Waals surface area (Å²) in [6, 6.07) is 8.02. The molecule has 2 aliphatic carbocycles. The van der Waals surface area contributed by atoms with Gasteiger partial charge in [-0.25, -0.2) is 9.59 Å². The quantitative estimate of drug-likeness (QED) is 0.0869. The van der Waals surface area contributed by atoms with Crippen molar-refractivity contribution in [1.82, 2.24) is 5.32 Å². The summed E-state index contributed by atoms with van der Waals surface area (Å²) in [6.45, 7) is 3.27. The van der Waals surface area contributed by atoms with E-state index in [-0.39, 0.29) is 30.1 Å². The number of benzene rings is 1. The summed E-state index contributed by atoms with van der Waals surface area (Å²) in [4.78, 5) is 39.9. The van der Waals surface area contributed by atoms with Crippen LogP contribution in [0.1, 0.15) is 88.4 Å². The molecule has 2 saturated carbocycles. The zero-order valence-corrected chi connectivity index (χ0v) is 32.5. The first-order valence-corrected chi connectivity index (χ1v) is 20.1. The van der Waals surface area contributed by atoms with Crippen LogP contribution >= 0.6 is 0 Å². The Kier molecular flexibility index (Phi) is 16.6. The SMILES string of the molecule is CNCCCC(=O)C1CC(C)[C@@H](O[C@@H]2OC(C)[C@@H](O)[C@H](O)C2O)[C@H](O[C@@H]2O[C@@H](CO)[C@H](O)C(O[C@@H](CC3CCCCC3)C(=O)O)C2OC(=O)c2ccccc2)C1. The maximum absolute atomic E-state index is 13.7. The number of nitrogens with one attached hydrogen (secondary N) is 1. The van der Waals surface area contributed by atoms with Crippen molar-refractivity contribution < 1.29 is 73.4 Å². The molecule has 2 saturated heterocycles. The van der Waals surface area contributed by atoms with Crippen LogP contribution in [0.25, 0.3) is 0 Å². The van der Waals surface area contributed by atoms with Gasteiger partial charge in [-0.05, 0) is 70.2 Å². The average Bonchev–Trinajstić information content (AvgIpc) is 3.19. The Labute approximate surface area is 327 Å². The maximum atomic E-state index is 13.7. The minimum atomic E-state index is -1.65. The summed E-state index contributed by atoms with van der Waals surface area (Å²) in [5.41, 5.74) is 0.152. The van der Waals surface area contributed by atoms with Gasteiger partial charge in [0.05, 0.1) is 30.5 Å². The molecular formula is C40H61NO15. The fraction of sp³-hybridized carbons (Fsp3) is 0.775. The molecule has 5 rings (SSSR count). The zero-order chi connectivity index (χ0) is 40.5. The third-order valence-corrected chi connectivity index (χ3v) is 11.7. The van der Waals surface area contributed by atoms with Crippen molar-refractivity contribution in [3.63, 3.8) is 0 Å². The van der Waals surface area contributed by atoms with Crippen LogP contribution in [-0.4, -0.2) is 148 Å². The number of ketones is 1. The van der Waals surface area contributed by atoms with Crippen LogP contribution in [0.4, 0.5) is 0 Å². The molecule has 0 aromatic heterocycles. The molecule has 1 aromatic carbocycles. The number of aliphatic hydroxyl groups is 5. The highest BCUT2D eigenvalue weighted by Gasteiger charge is 2.53. The van der Waals surface area contributed by atoms with Crippen LogP contribution in [0.15, 0.2) is 30.3 Å². The highest BCUT2D eigenvalue weighted by atomic mass is 16.7. The number of aliphatic hydroxyl groups excluding tert-OH is 5.